The maximum atomic E-state index is 12.8. The molecule has 2 unspecified atom stereocenters. The number of hydrogen-bond donors (Lipinski definition) is 2. The maximum absolute atomic E-state index is 12.8. The summed E-state index contributed by atoms with van der Waals surface area (Å²) in [5.74, 6) is 1.36. The zero-order chi connectivity index (χ0) is 17.1. The second kappa shape index (κ2) is 8.81. The molecular weight excluding hydrogens is 358 g/mol. The SMILES string of the molecule is CCCC(=O)N1CSCC1C(=O)NC1CCCc2cc(N)ccc21.Cl. The van der Waals surface area contributed by atoms with Gasteiger partial charge in [0.05, 0.1) is 11.9 Å². The summed E-state index contributed by atoms with van der Waals surface area (Å²) >= 11 is 1.65. The summed E-state index contributed by atoms with van der Waals surface area (Å²) in [6.07, 6.45) is 4.31. The van der Waals surface area contributed by atoms with E-state index in [2.05, 4.69) is 5.32 Å². The van der Waals surface area contributed by atoms with Gasteiger partial charge >= 0.3 is 0 Å². The van der Waals surface area contributed by atoms with Gasteiger partial charge in [-0.3, -0.25) is 9.59 Å². The van der Waals surface area contributed by atoms with Crippen LogP contribution in [0.1, 0.15) is 49.8 Å². The first kappa shape index (κ1) is 19.9. The molecule has 0 bridgehead atoms. The van der Waals surface area contributed by atoms with Crippen LogP contribution in [0.2, 0.25) is 0 Å². The van der Waals surface area contributed by atoms with E-state index in [0.29, 0.717) is 18.1 Å². The second-order valence-corrected chi connectivity index (χ2v) is 7.54. The number of nitrogens with two attached hydrogens (primary N) is 1. The molecular formula is C18H26ClN3O2S. The molecule has 2 aliphatic rings. The van der Waals surface area contributed by atoms with Gasteiger partial charge in [0.2, 0.25) is 11.8 Å². The quantitative estimate of drug-likeness (QED) is 0.784. The number of halogens is 1. The summed E-state index contributed by atoms with van der Waals surface area (Å²) in [6, 6.07) is 5.61. The highest BCUT2D eigenvalue weighted by Crippen LogP contribution is 2.31. The minimum atomic E-state index is -0.340. The average molecular weight is 384 g/mol. The molecule has 7 heteroatoms. The Morgan fingerprint density at radius 1 is 1.40 bits per heavy atom. The first-order valence-corrected chi connectivity index (χ1v) is 9.81. The van der Waals surface area contributed by atoms with Gasteiger partial charge in [-0.05, 0) is 48.9 Å². The fourth-order valence-corrected chi connectivity index (χ4v) is 4.70. The van der Waals surface area contributed by atoms with Crippen LogP contribution in [0.4, 0.5) is 5.69 Å². The highest BCUT2D eigenvalue weighted by Gasteiger charge is 2.35. The van der Waals surface area contributed by atoms with Crippen LogP contribution in [-0.2, 0) is 16.0 Å². The standard InChI is InChI=1S/C18H25N3O2S.ClH/c1-2-4-17(22)21-11-24-10-16(21)18(23)20-15-6-3-5-12-9-13(19)7-8-14(12)15;/h7-9,15-16H,2-6,10-11,19H2,1H3,(H,20,23);1H. The summed E-state index contributed by atoms with van der Waals surface area (Å²) in [6.45, 7) is 1.99. The molecule has 3 N–H and O–H groups in total. The Morgan fingerprint density at radius 2 is 2.20 bits per heavy atom. The summed E-state index contributed by atoms with van der Waals surface area (Å²) in [7, 11) is 0. The minimum Gasteiger partial charge on any atom is -0.399 e. The van der Waals surface area contributed by atoms with E-state index in [0.717, 1.165) is 31.4 Å². The lowest BCUT2D eigenvalue weighted by atomic mass is 9.87. The molecule has 1 saturated heterocycles. The van der Waals surface area contributed by atoms with E-state index in [4.69, 9.17) is 5.73 Å². The number of aryl methyl sites for hydroxylation is 1. The van der Waals surface area contributed by atoms with Gasteiger partial charge in [-0.2, -0.15) is 0 Å². The van der Waals surface area contributed by atoms with Gasteiger partial charge < -0.3 is 16.0 Å². The zero-order valence-electron chi connectivity index (χ0n) is 14.5. The lowest BCUT2D eigenvalue weighted by Crippen LogP contribution is -2.48. The van der Waals surface area contributed by atoms with Gasteiger partial charge in [0, 0.05) is 17.9 Å². The third-order valence-corrected chi connectivity index (χ3v) is 5.78. The first-order chi connectivity index (χ1) is 11.6. The van der Waals surface area contributed by atoms with Crippen molar-refractivity contribution >= 4 is 41.7 Å². The van der Waals surface area contributed by atoms with E-state index >= 15 is 0 Å². The van der Waals surface area contributed by atoms with Gasteiger partial charge in [0.1, 0.15) is 6.04 Å². The van der Waals surface area contributed by atoms with Crippen LogP contribution in [0.25, 0.3) is 0 Å². The summed E-state index contributed by atoms with van der Waals surface area (Å²) in [5, 5.41) is 3.18. The summed E-state index contributed by atoms with van der Waals surface area (Å²) in [4.78, 5) is 26.7. The second-order valence-electron chi connectivity index (χ2n) is 6.54. The molecule has 3 rings (SSSR count). The average Bonchev–Trinajstić information content (AvgIpc) is 3.05. The zero-order valence-corrected chi connectivity index (χ0v) is 16.1. The molecule has 1 aliphatic heterocycles. The topological polar surface area (TPSA) is 75.4 Å². The first-order valence-electron chi connectivity index (χ1n) is 8.66. The lowest BCUT2D eigenvalue weighted by molar-refractivity contribution is -0.138. The van der Waals surface area contributed by atoms with Crippen LogP contribution in [0.5, 0.6) is 0 Å². The molecule has 2 amide bonds. The summed E-state index contributed by atoms with van der Waals surface area (Å²) < 4.78 is 0. The Hall–Kier alpha value is -1.40. The molecule has 1 aliphatic carbocycles. The lowest BCUT2D eigenvalue weighted by Gasteiger charge is -2.29. The fourth-order valence-electron chi connectivity index (χ4n) is 3.52. The van der Waals surface area contributed by atoms with E-state index in [1.807, 2.05) is 25.1 Å². The number of carbonyl (C=O) groups is 2. The van der Waals surface area contributed by atoms with Crippen molar-refractivity contribution in [3.63, 3.8) is 0 Å². The predicted molar refractivity (Wildman–Crippen MR) is 105 cm³/mol. The smallest absolute Gasteiger partial charge is 0.244 e. The number of amides is 2. The van der Waals surface area contributed by atoms with Gasteiger partial charge in [-0.1, -0.05) is 13.0 Å². The Balaban J connectivity index is 0.00000225. The van der Waals surface area contributed by atoms with Gasteiger partial charge in [-0.25, -0.2) is 0 Å². The molecule has 0 spiro atoms. The highest BCUT2D eigenvalue weighted by atomic mass is 35.5. The molecule has 5 nitrogen and oxygen atoms in total. The monoisotopic (exact) mass is 383 g/mol. The molecule has 1 fully saturated rings. The molecule has 0 radical (unpaired) electrons. The minimum absolute atomic E-state index is 0. The Kier molecular flexibility index (Phi) is 7.02. The van der Waals surface area contributed by atoms with Crippen molar-refractivity contribution in [3.05, 3.63) is 29.3 Å². The maximum Gasteiger partial charge on any atom is 0.244 e. The number of rotatable bonds is 4. The summed E-state index contributed by atoms with van der Waals surface area (Å²) in [5.41, 5.74) is 9.04. The van der Waals surface area contributed by atoms with E-state index < -0.39 is 0 Å². The number of nitrogens with zero attached hydrogens (tertiary/aromatic N) is 1. The van der Waals surface area contributed by atoms with Crippen molar-refractivity contribution in [2.45, 2.75) is 51.1 Å². The molecule has 1 heterocycles. The molecule has 0 saturated carbocycles. The fraction of sp³-hybridized carbons (Fsp3) is 0.556. The number of thioether (sulfide) groups is 1. The van der Waals surface area contributed by atoms with Crippen LogP contribution >= 0.6 is 24.2 Å². The van der Waals surface area contributed by atoms with Crippen molar-refractivity contribution in [1.29, 1.82) is 0 Å². The number of nitrogen functional groups attached to an aromatic ring is 1. The van der Waals surface area contributed by atoms with Crippen molar-refractivity contribution in [3.8, 4) is 0 Å². The normalized spacial score (nSPS) is 22.0. The van der Waals surface area contributed by atoms with Crippen molar-refractivity contribution in [2.24, 2.45) is 0 Å². The van der Waals surface area contributed by atoms with Crippen LogP contribution in [-0.4, -0.2) is 34.4 Å². The number of hydrogen-bond acceptors (Lipinski definition) is 4. The van der Waals surface area contributed by atoms with Crippen molar-refractivity contribution in [2.75, 3.05) is 17.4 Å². The number of benzene rings is 1. The van der Waals surface area contributed by atoms with Crippen molar-refractivity contribution in [1.82, 2.24) is 10.2 Å². The van der Waals surface area contributed by atoms with Crippen LogP contribution in [0, 0.1) is 0 Å². The molecule has 1 aromatic carbocycles. The van der Waals surface area contributed by atoms with Crippen LogP contribution in [0.15, 0.2) is 18.2 Å². The number of fused-ring (bicyclic) bond motifs is 1. The van der Waals surface area contributed by atoms with Gasteiger partial charge in [-0.15, -0.1) is 24.2 Å². The molecule has 2 atom stereocenters. The van der Waals surface area contributed by atoms with Gasteiger partial charge in [0.25, 0.3) is 0 Å². The Bertz CT molecular complexity index is 641. The molecule has 0 aromatic heterocycles. The van der Waals surface area contributed by atoms with Crippen molar-refractivity contribution < 1.29 is 9.59 Å². The molecule has 1 aromatic rings. The number of anilines is 1. The van der Waals surface area contributed by atoms with E-state index in [1.165, 1.54) is 11.1 Å². The number of carbonyl (C=O) groups excluding carboxylic acids is 2. The van der Waals surface area contributed by atoms with Gasteiger partial charge in [0.15, 0.2) is 0 Å². The highest BCUT2D eigenvalue weighted by molar-refractivity contribution is 7.99. The number of nitrogens with one attached hydrogen (secondary N) is 1. The van der Waals surface area contributed by atoms with E-state index in [1.54, 1.807) is 16.7 Å². The Morgan fingerprint density at radius 3 is 2.96 bits per heavy atom. The predicted octanol–water partition coefficient (Wildman–Crippen LogP) is 2.89. The third-order valence-electron chi connectivity index (χ3n) is 4.77. The molecule has 138 valence electrons. The third kappa shape index (κ3) is 4.42. The largest absolute Gasteiger partial charge is 0.399 e. The van der Waals surface area contributed by atoms with Crippen LogP contribution in [0.3, 0.4) is 0 Å². The van der Waals surface area contributed by atoms with E-state index in [-0.39, 0.29) is 36.3 Å². The van der Waals surface area contributed by atoms with E-state index in [9.17, 15) is 9.59 Å². The Labute approximate surface area is 159 Å². The van der Waals surface area contributed by atoms with Crippen LogP contribution < -0.4 is 11.1 Å². The molecule has 25 heavy (non-hydrogen) atoms.